The van der Waals surface area contributed by atoms with Gasteiger partial charge in [0, 0.05) is 5.69 Å². The number of hydrogen-bond acceptors (Lipinski definition) is 4. The molecule has 1 fully saturated rings. The predicted octanol–water partition coefficient (Wildman–Crippen LogP) is 2.63. The Morgan fingerprint density at radius 1 is 1.10 bits per heavy atom. The molecule has 0 spiro atoms. The summed E-state index contributed by atoms with van der Waals surface area (Å²) in [6.45, 7) is 1.33. The van der Waals surface area contributed by atoms with Crippen LogP contribution in [-0.4, -0.2) is 34.8 Å². The standard InChI is InChI=1S/C22H22N4O3/c1-22(13-11-16-5-3-2-4-6-16)20(28)26(21(29)25-22)15-19(27)24-18-9-7-17(8-10-18)12-14-23/h2-10H,11-13,15H2,1H3,(H,24,27)(H,25,29)/t22-/m1/s1. The minimum Gasteiger partial charge on any atom is -0.325 e. The fraction of sp³-hybridized carbons (Fsp3) is 0.273. The highest BCUT2D eigenvalue weighted by molar-refractivity contribution is 6.09. The first-order valence-corrected chi connectivity index (χ1v) is 9.35. The summed E-state index contributed by atoms with van der Waals surface area (Å²) in [7, 11) is 0. The van der Waals surface area contributed by atoms with Gasteiger partial charge in [0.1, 0.15) is 12.1 Å². The molecular formula is C22H22N4O3. The molecule has 0 saturated carbocycles. The van der Waals surface area contributed by atoms with Crippen LogP contribution in [-0.2, 0) is 22.4 Å². The number of benzene rings is 2. The number of carbonyl (C=O) groups excluding carboxylic acids is 3. The largest absolute Gasteiger partial charge is 0.325 e. The van der Waals surface area contributed by atoms with Crippen molar-refractivity contribution in [2.24, 2.45) is 0 Å². The van der Waals surface area contributed by atoms with Crippen molar-refractivity contribution in [3.63, 3.8) is 0 Å². The van der Waals surface area contributed by atoms with Gasteiger partial charge in [-0.1, -0.05) is 42.5 Å². The summed E-state index contributed by atoms with van der Waals surface area (Å²) < 4.78 is 0. The van der Waals surface area contributed by atoms with E-state index in [1.54, 1.807) is 31.2 Å². The average Bonchev–Trinajstić information content (AvgIpc) is 2.92. The number of anilines is 1. The van der Waals surface area contributed by atoms with E-state index < -0.39 is 23.4 Å². The number of imide groups is 1. The molecule has 1 aliphatic heterocycles. The van der Waals surface area contributed by atoms with Crippen molar-refractivity contribution in [3.8, 4) is 6.07 Å². The van der Waals surface area contributed by atoms with Crippen molar-refractivity contribution in [3.05, 3.63) is 65.7 Å². The van der Waals surface area contributed by atoms with E-state index in [9.17, 15) is 14.4 Å². The summed E-state index contributed by atoms with van der Waals surface area (Å²) in [6.07, 6.45) is 1.37. The van der Waals surface area contributed by atoms with Gasteiger partial charge in [0.15, 0.2) is 0 Å². The Hall–Kier alpha value is -3.66. The minimum absolute atomic E-state index is 0.290. The van der Waals surface area contributed by atoms with Crippen LogP contribution < -0.4 is 10.6 Å². The first-order valence-electron chi connectivity index (χ1n) is 9.35. The summed E-state index contributed by atoms with van der Waals surface area (Å²) in [4.78, 5) is 38.4. The smallest absolute Gasteiger partial charge is 0.325 e. The van der Waals surface area contributed by atoms with Crippen LogP contribution in [0.15, 0.2) is 54.6 Å². The quantitative estimate of drug-likeness (QED) is 0.710. The summed E-state index contributed by atoms with van der Waals surface area (Å²) in [5, 5.41) is 14.1. The second-order valence-electron chi connectivity index (χ2n) is 7.22. The average molecular weight is 390 g/mol. The molecule has 0 aliphatic carbocycles. The predicted molar refractivity (Wildman–Crippen MR) is 108 cm³/mol. The lowest BCUT2D eigenvalue weighted by Crippen LogP contribution is -2.45. The summed E-state index contributed by atoms with van der Waals surface area (Å²) in [5.74, 6) is -0.869. The fourth-order valence-corrected chi connectivity index (χ4v) is 3.24. The molecule has 0 bridgehead atoms. The zero-order valence-corrected chi connectivity index (χ0v) is 16.1. The fourth-order valence-electron chi connectivity index (χ4n) is 3.24. The van der Waals surface area contributed by atoms with Crippen molar-refractivity contribution in [2.45, 2.75) is 31.7 Å². The topological polar surface area (TPSA) is 102 Å². The molecule has 29 heavy (non-hydrogen) atoms. The first kappa shape index (κ1) is 20.1. The number of nitrogens with zero attached hydrogens (tertiary/aromatic N) is 2. The number of carbonyl (C=O) groups is 3. The molecule has 0 radical (unpaired) electrons. The van der Waals surface area contributed by atoms with Crippen molar-refractivity contribution in [1.82, 2.24) is 10.2 Å². The van der Waals surface area contributed by atoms with Gasteiger partial charge in [0.25, 0.3) is 5.91 Å². The van der Waals surface area contributed by atoms with E-state index in [1.807, 2.05) is 30.3 Å². The highest BCUT2D eigenvalue weighted by Crippen LogP contribution is 2.23. The maximum atomic E-state index is 12.8. The molecule has 4 amide bonds. The molecule has 1 saturated heterocycles. The van der Waals surface area contributed by atoms with Crippen LogP contribution in [0.5, 0.6) is 0 Å². The molecule has 2 N–H and O–H groups in total. The van der Waals surface area contributed by atoms with Gasteiger partial charge in [-0.2, -0.15) is 5.26 Å². The zero-order chi connectivity index (χ0) is 20.9. The SMILES string of the molecule is C[C@]1(CCc2ccccc2)NC(=O)N(CC(=O)Nc2ccc(CC#N)cc2)C1=O. The lowest BCUT2D eigenvalue weighted by molar-refractivity contribution is -0.133. The minimum atomic E-state index is -1.04. The molecule has 2 aromatic rings. The number of nitrogens with one attached hydrogen (secondary N) is 2. The van der Waals surface area contributed by atoms with Crippen molar-refractivity contribution >= 4 is 23.5 Å². The third-order valence-electron chi connectivity index (χ3n) is 4.92. The summed E-state index contributed by atoms with van der Waals surface area (Å²) in [6, 6.07) is 18.1. The lowest BCUT2D eigenvalue weighted by Gasteiger charge is -2.21. The van der Waals surface area contributed by atoms with Gasteiger partial charge < -0.3 is 10.6 Å². The molecule has 2 aromatic carbocycles. The number of rotatable bonds is 7. The molecule has 148 valence electrons. The molecular weight excluding hydrogens is 368 g/mol. The van der Waals surface area contributed by atoms with E-state index in [2.05, 4.69) is 16.7 Å². The van der Waals surface area contributed by atoms with E-state index >= 15 is 0 Å². The van der Waals surface area contributed by atoms with Crippen LogP contribution in [0.2, 0.25) is 0 Å². The maximum Gasteiger partial charge on any atom is 0.325 e. The molecule has 7 nitrogen and oxygen atoms in total. The normalized spacial score (nSPS) is 18.3. The van der Waals surface area contributed by atoms with E-state index in [0.29, 0.717) is 18.5 Å². The molecule has 3 rings (SSSR count). The monoisotopic (exact) mass is 390 g/mol. The van der Waals surface area contributed by atoms with Crippen LogP contribution in [0.3, 0.4) is 0 Å². The van der Waals surface area contributed by atoms with Gasteiger partial charge in [-0.05, 0) is 43.0 Å². The van der Waals surface area contributed by atoms with E-state index in [1.165, 1.54) is 0 Å². The van der Waals surface area contributed by atoms with Crippen molar-refractivity contribution in [2.75, 3.05) is 11.9 Å². The number of amides is 4. The number of hydrogen-bond donors (Lipinski definition) is 2. The Balaban J connectivity index is 1.59. The Bertz CT molecular complexity index is 950. The molecule has 1 aliphatic rings. The second-order valence-corrected chi connectivity index (χ2v) is 7.22. The highest BCUT2D eigenvalue weighted by Gasteiger charge is 2.47. The first-order chi connectivity index (χ1) is 13.9. The molecule has 0 aromatic heterocycles. The third-order valence-corrected chi connectivity index (χ3v) is 4.92. The number of urea groups is 1. The van der Waals surface area contributed by atoms with E-state index in [4.69, 9.17) is 5.26 Å². The van der Waals surface area contributed by atoms with Gasteiger partial charge in [-0.25, -0.2) is 4.79 Å². The van der Waals surface area contributed by atoms with Crippen LogP contribution in [0.4, 0.5) is 10.5 Å². The molecule has 0 unspecified atom stereocenters. The zero-order valence-electron chi connectivity index (χ0n) is 16.1. The maximum absolute atomic E-state index is 12.8. The van der Waals surface area contributed by atoms with Crippen LogP contribution in [0.25, 0.3) is 0 Å². The third kappa shape index (κ3) is 4.79. The number of nitriles is 1. The molecule has 1 heterocycles. The number of aryl methyl sites for hydroxylation is 1. The summed E-state index contributed by atoms with van der Waals surface area (Å²) in [5.41, 5.74) is 1.42. The Kier molecular flexibility index (Phi) is 5.93. The van der Waals surface area contributed by atoms with Gasteiger partial charge in [-0.15, -0.1) is 0 Å². The second kappa shape index (κ2) is 8.57. The van der Waals surface area contributed by atoms with Crippen LogP contribution >= 0.6 is 0 Å². The van der Waals surface area contributed by atoms with Crippen LogP contribution in [0.1, 0.15) is 24.5 Å². The lowest BCUT2D eigenvalue weighted by atomic mass is 9.93. The van der Waals surface area contributed by atoms with Gasteiger partial charge in [0.2, 0.25) is 5.91 Å². The molecule has 7 heteroatoms. The highest BCUT2D eigenvalue weighted by atomic mass is 16.2. The van der Waals surface area contributed by atoms with E-state index in [-0.39, 0.29) is 13.0 Å². The summed E-state index contributed by atoms with van der Waals surface area (Å²) >= 11 is 0. The Morgan fingerprint density at radius 3 is 2.45 bits per heavy atom. The Labute approximate surface area is 169 Å². The van der Waals surface area contributed by atoms with Crippen molar-refractivity contribution in [1.29, 1.82) is 5.26 Å². The Morgan fingerprint density at radius 2 is 1.79 bits per heavy atom. The van der Waals surface area contributed by atoms with Gasteiger partial charge in [0.05, 0.1) is 12.5 Å². The van der Waals surface area contributed by atoms with Crippen LogP contribution in [0, 0.1) is 11.3 Å². The molecule has 1 atom stereocenters. The van der Waals surface area contributed by atoms with Crippen molar-refractivity contribution < 1.29 is 14.4 Å². The van der Waals surface area contributed by atoms with Gasteiger partial charge >= 0.3 is 6.03 Å². The van der Waals surface area contributed by atoms with E-state index in [0.717, 1.165) is 16.0 Å². The van der Waals surface area contributed by atoms with Gasteiger partial charge in [-0.3, -0.25) is 14.5 Å².